The van der Waals surface area contributed by atoms with Crippen LogP contribution in [-0.4, -0.2) is 30.3 Å². The minimum absolute atomic E-state index is 0.213. The van der Waals surface area contributed by atoms with Crippen molar-refractivity contribution >= 4 is 17.7 Å². The van der Waals surface area contributed by atoms with Crippen LogP contribution in [0.5, 0.6) is 0 Å². The van der Waals surface area contributed by atoms with Gasteiger partial charge in [0, 0.05) is 0 Å². The van der Waals surface area contributed by atoms with E-state index in [-0.39, 0.29) is 11.8 Å². The van der Waals surface area contributed by atoms with Crippen LogP contribution >= 0.6 is 0 Å². The maximum atomic E-state index is 13.0. The summed E-state index contributed by atoms with van der Waals surface area (Å²) < 4.78 is 0. The monoisotopic (exact) mass is 354 g/mol. The fourth-order valence-corrected chi connectivity index (χ4v) is 3.91. The van der Waals surface area contributed by atoms with Crippen LogP contribution in [-0.2, 0) is 14.4 Å². The van der Waals surface area contributed by atoms with Crippen LogP contribution in [0.2, 0.25) is 0 Å². The zero-order valence-corrected chi connectivity index (χ0v) is 15.6. The highest BCUT2D eigenvalue weighted by molar-refractivity contribution is 5.92. The molecule has 0 bridgehead atoms. The van der Waals surface area contributed by atoms with Crippen molar-refractivity contribution in [3.05, 3.63) is 0 Å². The van der Waals surface area contributed by atoms with Crippen LogP contribution in [0, 0.1) is 17.3 Å². The predicted molar refractivity (Wildman–Crippen MR) is 97.1 cm³/mol. The first-order valence-electron chi connectivity index (χ1n) is 9.34. The molecule has 1 aliphatic carbocycles. The number of carbonyl (C=O) groups is 3. The molecule has 1 rings (SSSR count). The molecule has 7 N–H and O–H groups in total. The van der Waals surface area contributed by atoms with E-state index in [1.807, 2.05) is 13.8 Å². The van der Waals surface area contributed by atoms with Crippen LogP contribution in [0.1, 0.15) is 65.2 Å². The standard InChI is InChI=1S/C18H34N4O3/c1-12(2)11-14(15(20)23)22-16(24)13(7-3-6-10-19)18(17(21)25)8-4-5-9-18/h12-14H,3-11,19H2,1-2H3,(H2,20,23)(H2,21,25)(H,22,24)/t13-,14+/m1/s1. The Hall–Kier alpha value is -1.63. The number of hydrogen-bond acceptors (Lipinski definition) is 4. The Labute approximate surface area is 150 Å². The Kier molecular flexibility index (Phi) is 8.35. The molecule has 0 aliphatic heterocycles. The summed E-state index contributed by atoms with van der Waals surface area (Å²) in [5, 5.41) is 2.78. The molecule has 3 amide bonds. The largest absolute Gasteiger partial charge is 0.369 e. The lowest BCUT2D eigenvalue weighted by Gasteiger charge is -2.35. The Morgan fingerprint density at radius 1 is 1.08 bits per heavy atom. The van der Waals surface area contributed by atoms with Gasteiger partial charge < -0.3 is 22.5 Å². The van der Waals surface area contributed by atoms with Crippen molar-refractivity contribution in [1.82, 2.24) is 5.32 Å². The second kappa shape index (κ2) is 9.75. The van der Waals surface area contributed by atoms with Gasteiger partial charge in [-0.3, -0.25) is 14.4 Å². The van der Waals surface area contributed by atoms with Gasteiger partial charge in [-0.05, 0) is 44.6 Å². The summed E-state index contributed by atoms with van der Waals surface area (Å²) in [5.74, 6) is -1.58. The van der Waals surface area contributed by atoms with E-state index >= 15 is 0 Å². The van der Waals surface area contributed by atoms with E-state index in [9.17, 15) is 14.4 Å². The van der Waals surface area contributed by atoms with E-state index in [4.69, 9.17) is 17.2 Å². The molecule has 0 spiro atoms. The van der Waals surface area contributed by atoms with Crippen LogP contribution in [0.4, 0.5) is 0 Å². The predicted octanol–water partition coefficient (Wildman–Crippen LogP) is 0.794. The summed E-state index contributed by atoms with van der Waals surface area (Å²) in [6, 6.07) is -0.726. The molecule has 0 aromatic carbocycles. The van der Waals surface area contributed by atoms with Crippen molar-refractivity contribution in [2.45, 2.75) is 71.3 Å². The van der Waals surface area contributed by atoms with Crippen LogP contribution in [0.25, 0.3) is 0 Å². The number of primary amides is 2. The zero-order chi connectivity index (χ0) is 19.0. The van der Waals surface area contributed by atoms with Gasteiger partial charge in [-0.25, -0.2) is 0 Å². The zero-order valence-electron chi connectivity index (χ0n) is 15.6. The van der Waals surface area contributed by atoms with Crippen molar-refractivity contribution < 1.29 is 14.4 Å². The quantitative estimate of drug-likeness (QED) is 0.407. The van der Waals surface area contributed by atoms with Crippen LogP contribution in [0.15, 0.2) is 0 Å². The summed E-state index contributed by atoms with van der Waals surface area (Å²) in [5.41, 5.74) is 15.9. The molecule has 1 saturated carbocycles. The Morgan fingerprint density at radius 3 is 2.12 bits per heavy atom. The first-order valence-corrected chi connectivity index (χ1v) is 9.34. The van der Waals surface area contributed by atoms with Gasteiger partial charge in [0.25, 0.3) is 0 Å². The van der Waals surface area contributed by atoms with E-state index in [0.717, 1.165) is 25.7 Å². The molecular weight excluding hydrogens is 320 g/mol. The third-order valence-corrected chi connectivity index (χ3v) is 5.28. The lowest BCUT2D eigenvalue weighted by molar-refractivity contribution is -0.142. The first-order chi connectivity index (χ1) is 11.7. The second-order valence-corrected chi connectivity index (χ2v) is 7.66. The molecule has 144 valence electrons. The van der Waals surface area contributed by atoms with Gasteiger partial charge in [-0.15, -0.1) is 0 Å². The molecule has 0 heterocycles. The molecule has 0 aromatic heterocycles. The topological polar surface area (TPSA) is 141 Å². The number of hydrogen-bond donors (Lipinski definition) is 4. The average Bonchev–Trinajstić information content (AvgIpc) is 3.01. The van der Waals surface area contributed by atoms with Crippen molar-refractivity contribution in [1.29, 1.82) is 0 Å². The van der Waals surface area contributed by atoms with Crippen LogP contribution < -0.4 is 22.5 Å². The van der Waals surface area contributed by atoms with Gasteiger partial charge >= 0.3 is 0 Å². The van der Waals surface area contributed by atoms with Crippen molar-refractivity contribution in [2.24, 2.45) is 34.5 Å². The first kappa shape index (κ1) is 21.4. The van der Waals surface area contributed by atoms with Crippen molar-refractivity contribution in [3.63, 3.8) is 0 Å². The summed E-state index contributed by atoms with van der Waals surface area (Å²) >= 11 is 0. The van der Waals surface area contributed by atoms with E-state index in [2.05, 4.69) is 5.32 Å². The number of nitrogens with two attached hydrogens (primary N) is 3. The summed E-state index contributed by atoms with van der Waals surface area (Å²) in [4.78, 5) is 36.9. The molecule has 1 fully saturated rings. The molecule has 0 radical (unpaired) electrons. The van der Waals surface area contributed by atoms with Crippen molar-refractivity contribution in [3.8, 4) is 0 Å². The van der Waals surface area contributed by atoms with E-state index in [1.54, 1.807) is 0 Å². The number of nitrogens with one attached hydrogen (secondary N) is 1. The van der Waals surface area contributed by atoms with Gasteiger partial charge in [0.05, 0.1) is 11.3 Å². The fraction of sp³-hybridized carbons (Fsp3) is 0.833. The summed E-state index contributed by atoms with van der Waals surface area (Å²) in [7, 11) is 0. The second-order valence-electron chi connectivity index (χ2n) is 7.66. The van der Waals surface area contributed by atoms with E-state index in [0.29, 0.717) is 32.2 Å². The number of amides is 3. The number of carbonyl (C=O) groups excluding carboxylic acids is 3. The van der Waals surface area contributed by atoms with Crippen molar-refractivity contribution in [2.75, 3.05) is 6.54 Å². The van der Waals surface area contributed by atoms with Crippen LogP contribution in [0.3, 0.4) is 0 Å². The molecule has 25 heavy (non-hydrogen) atoms. The molecule has 1 aliphatic rings. The molecule has 0 aromatic rings. The Bertz CT molecular complexity index is 473. The average molecular weight is 354 g/mol. The number of unbranched alkanes of at least 4 members (excludes halogenated alkanes) is 1. The van der Waals surface area contributed by atoms with Gasteiger partial charge in [0.15, 0.2) is 0 Å². The van der Waals surface area contributed by atoms with Gasteiger partial charge in [-0.2, -0.15) is 0 Å². The smallest absolute Gasteiger partial charge is 0.240 e. The maximum absolute atomic E-state index is 13.0. The molecule has 7 heteroatoms. The lowest BCUT2D eigenvalue weighted by atomic mass is 9.70. The minimum Gasteiger partial charge on any atom is -0.369 e. The van der Waals surface area contributed by atoms with E-state index in [1.165, 1.54) is 0 Å². The normalized spacial score (nSPS) is 18.7. The third kappa shape index (κ3) is 5.70. The highest BCUT2D eigenvalue weighted by Gasteiger charge is 2.49. The van der Waals surface area contributed by atoms with Gasteiger partial charge in [0.2, 0.25) is 17.7 Å². The van der Waals surface area contributed by atoms with E-state index < -0.39 is 29.2 Å². The highest BCUT2D eigenvalue weighted by atomic mass is 16.2. The lowest BCUT2D eigenvalue weighted by Crippen LogP contribution is -2.53. The molecule has 0 unspecified atom stereocenters. The summed E-state index contributed by atoms with van der Waals surface area (Å²) in [6.07, 6.45) is 5.55. The molecular formula is C18H34N4O3. The Morgan fingerprint density at radius 2 is 1.68 bits per heavy atom. The Balaban J connectivity index is 2.99. The van der Waals surface area contributed by atoms with Gasteiger partial charge in [0.1, 0.15) is 6.04 Å². The summed E-state index contributed by atoms with van der Waals surface area (Å²) in [6.45, 7) is 4.46. The molecule has 2 atom stereocenters. The molecule has 7 nitrogen and oxygen atoms in total. The minimum atomic E-state index is -0.821. The molecule has 0 saturated heterocycles. The fourth-order valence-electron chi connectivity index (χ4n) is 3.91. The SMILES string of the molecule is CC(C)C[C@H](NC(=O)[C@@H](CCCCN)C1(C(N)=O)CCCC1)C(N)=O. The number of rotatable bonds is 11. The third-order valence-electron chi connectivity index (χ3n) is 5.28. The maximum Gasteiger partial charge on any atom is 0.240 e. The van der Waals surface area contributed by atoms with Gasteiger partial charge in [-0.1, -0.05) is 33.1 Å². The highest BCUT2D eigenvalue weighted by Crippen LogP contribution is 2.46.